The van der Waals surface area contributed by atoms with Crippen molar-refractivity contribution in [2.45, 2.75) is 75.8 Å². The number of hydrogen-bond donors (Lipinski definition) is 4. The second-order valence-corrected chi connectivity index (χ2v) is 12.5. The number of allylic oxidation sites excluding steroid dienone is 1. The van der Waals surface area contributed by atoms with E-state index in [1.54, 1.807) is 13.4 Å². The average Bonchev–Trinajstić information content (AvgIpc) is 3.71. The Morgan fingerprint density at radius 3 is 2.79 bits per heavy atom. The molecule has 0 spiro atoms. The highest BCUT2D eigenvalue weighted by molar-refractivity contribution is 5.94. The number of aromatic amines is 1. The first kappa shape index (κ1) is 29.8. The van der Waals surface area contributed by atoms with Crippen molar-refractivity contribution in [1.29, 1.82) is 5.26 Å². The molecule has 1 saturated carbocycles. The molecule has 6 atom stereocenters. The number of rotatable bonds is 10. The molecule has 2 aromatic rings. The van der Waals surface area contributed by atoms with Gasteiger partial charge in [0.1, 0.15) is 18.2 Å². The van der Waals surface area contributed by atoms with Crippen LogP contribution in [0.1, 0.15) is 79.2 Å². The van der Waals surface area contributed by atoms with Crippen molar-refractivity contribution >= 4 is 5.91 Å². The van der Waals surface area contributed by atoms with Crippen molar-refractivity contribution in [2.75, 3.05) is 27.2 Å². The third-order valence-corrected chi connectivity index (χ3v) is 10.2. The van der Waals surface area contributed by atoms with Crippen LogP contribution in [0.3, 0.4) is 0 Å². The van der Waals surface area contributed by atoms with E-state index in [1.165, 1.54) is 11.1 Å². The van der Waals surface area contributed by atoms with E-state index in [2.05, 4.69) is 69.3 Å². The quantitative estimate of drug-likeness (QED) is 0.340. The van der Waals surface area contributed by atoms with Crippen LogP contribution in [-0.2, 0) is 11.8 Å². The number of benzene rings is 1. The van der Waals surface area contributed by atoms with Crippen LogP contribution in [-0.4, -0.2) is 65.3 Å². The van der Waals surface area contributed by atoms with Crippen molar-refractivity contribution in [1.82, 2.24) is 36.0 Å². The lowest BCUT2D eigenvalue weighted by atomic mass is 9.57. The van der Waals surface area contributed by atoms with Crippen LogP contribution in [0.4, 0.5) is 0 Å². The maximum atomic E-state index is 12.7. The van der Waals surface area contributed by atoms with Gasteiger partial charge in [-0.15, -0.1) is 0 Å². The monoisotopic (exact) mass is 570 g/mol. The summed E-state index contributed by atoms with van der Waals surface area (Å²) < 4.78 is 0. The Morgan fingerprint density at radius 1 is 1.24 bits per heavy atom. The fourth-order valence-electron chi connectivity index (χ4n) is 8.12. The zero-order chi connectivity index (χ0) is 29.9. The first-order valence-electron chi connectivity index (χ1n) is 15.5. The predicted octanol–water partition coefficient (Wildman–Crippen LogP) is 4.03. The Balaban J connectivity index is 1.52. The summed E-state index contributed by atoms with van der Waals surface area (Å²) in [6, 6.07) is 8.72. The molecule has 3 aliphatic rings. The van der Waals surface area contributed by atoms with E-state index in [-0.39, 0.29) is 18.0 Å². The molecular weight excluding hydrogens is 524 g/mol. The lowest BCUT2D eigenvalue weighted by molar-refractivity contribution is 0.0962. The summed E-state index contributed by atoms with van der Waals surface area (Å²) in [5.41, 5.74) is 4.84. The van der Waals surface area contributed by atoms with Crippen molar-refractivity contribution in [3.8, 4) is 6.07 Å². The number of likely N-dealkylation sites (tertiary alicyclic amines) is 1. The number of carbonyl (C=O) groups excluding carboxylic acids is 1. The molecule has 2 aliphatic carbocycles. The van der Waals surface area contributed by atoms with Gasteiger partial charge in [-0.2, -0.15) is 10.4 Å². The SMILES string of the molecule is C=C(NC)C1CCC2C(CCc3cc(C(=O)NC)ccc3C2(C[C@H](C)NCC(=C)N2CCCC2C#N)c2ncn[nH]2)C1. The second kappa shape index (κ2) is 12.7. The van der Waals surface area contributed by atoms with Gasteiger partial charge in [-0.1, -0.05) is 19.2 Å². The maximum Gasteiger partial charge on any atom is 0.251 e. The molecule has 0 bridgehead atoms. The number of hydrogen-bond acceptors (Lipinski definition) is 7. The van der Waals surface area contributed by atoms with Crippen LogP contribution in [0.2, 0.25) is 0 Å². The van der Waals surface area contributed by atoms with E-state index < -0.39 is 5.41 Å². The highest BCUT2D eigenvalue weighted by Gasteiger charge is 2.52. The average molecular weight is 571 g/mol. The number of carbonyl (C=O) groups is 1. The molecule has 9 heteroatoms. The molecule has 224 valence electrons. The van der Waals surface area contributed by atoms with Crippen molar-refractivity contribution in [3.63, 3.8) is 0 Å². The molecule has 0 radical (unpaired) electrons. The van der Waals surface area contributed by atoms with Gasteiger partial charge < -0.3 is 20.9 Å². The zero-order valence-electron chi connectivity index (χ0n) is 25.4. The molecule has 9 nitrogen and oxygen atoms in total. The number of fused-ring (bicyclic) bond motifs is 2. The zero-order valence-corrected chi connectivity index (χ0v) is 25.4. The van der Waals surface area contributed by atoms with E-state index in [0.717, 1.165) is 75.1 Å². The third kappa shape index (κ3) is 5.57. The van der Waals surface area contributed by atoms with E-state index in [1.807, 2.05) is 13.1 Å². The minimum atomic E-state index is -0.406. The molecule has 1 aliphatic heterocycles. The first-order chi connectivity index (χ1) is 20.3. The lowest BCUT2D eigenvalue weighted by Crippen LogP contribution is -2.48. The molecule has 5 unspecified atom stereocenters. The predicted molar refractivity (Wildman–Crippen MR) is 164 cm³/mol. The number of H-pyrrole nitrogens is 1. The third-order valence-electron chi connectivity index (χ3n) is 10.2. The normalized spacial score (nSPS) is 27.6. The minimum absolute atomic E-state index is 0.0683. The van der Waals surface area contributed by atoms with Crippen LogP contribution in [0, 0.1) is 29.1 Å². The standard InChI is InChI=1S/C33H46N8O/c1-21(37-19-22(2)41-14-6-7-28(41)18-34)17-33(32-38-20-39-40-32)29-12-10-24(23(3)35-4)15-25(29)8-9-26-16-27(31(42)36-5)11-13-30(26)33/h11,13,16,20-21,24-25,28-29,35,37H,2-3,6-10,12,14-15,17,19H2,1,4-5H3,(H,36,42)(H,38,39,40)/t21-,24?,25?,28?,29?,33?/m0/s1. The molecule has 2 heterocycles. The van der Waals surface area contributed by atoms with Gasteiger partial charge >= 0.3 is 0 Å². The summed E-state index contributed by atoms with van der Waals surface area (Å²) in [5.74, 6) is 2.10. The summed E-state index contributed by atoms with van der Waals surface area (Å²) in [7, 11) is 3.65. The summed E-state index contributed by atoms with van der Waals surface area (Å²) in [6.07, 6.45) is 9.57. The van der Waals surface area contributed by atoms with Crippen LogP contribution in [0.25, 0.3) is 0 Å². The fourth-order valence-corrected chi connectivity index (χ4v) is 8.12. The molecule has 1 saturated heterocycles. The van der Waals surface area contributed by atoms with E-state index in [0.29, 0.717) is 29.9 Å². The van der Waals surface area contributed by atoms with E-state index >= 15 is 0 Å². The molecule has 5 rings (SSSR count). The Kier molecular flexibility index (Phi) is 9.02. The van der Waals surface area contributed by atoms with Crippen molar-refractivity contribution in [2.24, 2.45) is 17.8 Å². The fraction of sp³-hybridized carbons (Fsp3) is 0.576. The molecule has 2 fully saturated rings. The van der Waals surface area contributed by atoms with Crippen LogP contribution < -0.4 is 16.0 Å². The molecule has 1 aromatic heterocycles. The summed E-state index contributed by atoms with van der Waals surface area (Å²) in [5, 5.41) is 27.1. The van der Waals surface area contributed by atoms with Gasteiger partial charge in [0.25, 0.3) is 5.91 Å². The Hall–Kier alpha value is -3.64. The second-order valence-electron chi connectivity index (χ2n) is 12.5. The van der Waals surface area contributed by atoms with Crippen LogP contribution in [0.15, 0.2) is 49.1 Å². The van der Waals surface area contributed by atoms with Crippen molar-refractivity contribution in [3.05, 3.63) is 71.6 Å². The maximum absolute atomic E-state index is 12.7. The Labute approximate surface area is 250 Å². The topological polar surface area (TPSA) is 122 Å². The lowest BCUT2D eigenvalue weighted by Gasteiger charge is -2.48. The van der Waals surface area contributed by atoms with E-state index in [4.69, 9.17) is 4.98 Å². The number of aromatic nitrogens is 3. The number of amides is 1. The van der Waals surface area contributed by atoms with Gasteiger partial charge in [0.2, 0.25) is 0 Å². The molecular formula is C33H46N8O. The largest absolute Gasteiger partial charge is 0.392 e. The first-order valence-corrected chi connectivity index (χ1v) is 15.5. The summed E-state index contributed by atoms with van der Waals surface area (Å²) in [6.45, 7) is 12.4. The molecule has 1 amide bonds. The van der Waals surface area contributed by atoms with Gasteiger partial charge in [0.05, 0.1) is 11.5 Å². The highest BCUT2D eigenvalue weighted by atomic mass is 16.1. The van der Waals surface area contributed by atoms with Gasteiger partial charge in [-0.05, 0) is 99.3 Å². The summed E-state index contributed by atoms with van der Waals surface area (Å²) in [4.78, 5) is 19.7. The van der Waals surface area contributed by atoms with Gasteiger partial charge in [-0.3, -0.25) is 9.89 Å². The van der Waals surface area contributed by atoms with Crippen molar-refractivity contribution < 1.29 is 4.79 Å². The van der Waals surface area contributed by atoms with Crippen LogP contribution >= 0.6 is 0 Å². The smallest absolute Gasteiger partial charge is 0.251 e. The number of nitrogens with zero attached hydrogens (tertiary/aromatic N) is 4. The summed E-state index contributed by atoms with van der Waals surface area (Å²) >= 11 is 0. The number of nitriles is 1. The van der Waals surface area contributed by atoms with E-state index in [9.17, 15) is 10.1 Å². The van der Waals surface area contributed by atoms with Gasteiger partial charge in [0.15, 0.2) is 0 Å². The van der Waals surface area contributed by atoms with Gasteiger partial charge in [0, 0.05) is 50.2 Å². The highest BCUT2D eigenvalue weighted by Crippen LogP contribution is 2.55. The Morgan fingerprint density at radius 2 is 2.07 bits per heavy atom. The molecule has 1 aromatic carbocycles. The molecule has 42 heavy (non-hydrogen) atoms. The molecule has 4 N–H and O–H groups in total. The Bertz CT molecular complexity index is 1330. The number of nitrogens with one attached hydrogen (secondary N) is 4. The van der Waals surface area contributed by atoms with Crippen LogP contribution in [0.5, 0.6) is 0 Å². The minimum Gasteiger partial charge on any atom is -0.392 e. The van der Waals surface area contributed by atoms with Gasteiger partial charge in [-0.25, -0.2) is 4.98 Å². The number of aryl methyl sites for hydroxylation is 1.